The third-order valence-electron chi connectivity index (χ3n) is 6.16. The highest BCUT2D eigenvalue weighted by atomic mass is 15.3. The van der Waals surface area contributed by atoms with Crippen LogP contribution >= 0.6 is 0 Å². The van der Waals surface area contributed by atoms with Crippen molar-refractivity contribution in [2.24, 2.45) is 0 Å². The normalized spacial score (nSPS) is 15.6. The lowest BCUT2D eigenvalue weighted by atomic mass is 10.1. The molecule has 1 aliphatic rings. The number of likely N-dealkylation sites (N-methyl/N-ethyl adjacent to an activating group) is 1. The second-order valence-electron chi connectivity index (χ2n) is 8.00. The van der Waals surface area contributed by atoms with E-state index < -0.39 is 0 Å². The summed E-state index contributed by atoms with van der Waals surface area (Å²) in [7, 11) is 0. The fraction of sp³-hybridized carbons (Fsp3) is 0.269. The van der Waals surface area contributed by atoms with Crippen LogP contribution in [-0.2, 0) is 6.54 Å². The maximum atomic E-state index is 5.04. The molecular weight excluding hydrogens is 368 g/mol. The van der Waals surface area contributed by atoms with Crippen molar-refractivity contribution in [2.45, 2.75) is 13.5 Å². The molecule has 3 heterocycles. The lowest BCUT2D eigenvalue weighted by Crippen LogP contribution is -2.45. The number of pyridine rings is 1. The van der Waals surface area contributed by atoms with Crippen LogP contribution in [0.25, 0.3) is 28.0 Å². The molecule has 4 nitrogen and oxygen atoms in total. The van der Waals surface area contributed by atoms with Gasteiger partial charge in [0.05, 0.1) is 11.4 Å². The number of hydrogen-bond donors (Lipinski definition) is 0. The van der Waals surface area contributed by atoms with Crippen molar-refractivity contribution in [1.82, 2.24) is 19.2 Å². The van der Waals surface area contributed by atoms with E-state index >= 15 is 0 Å². The van der Waals surface area contributed by atoms with Crippen LogP contribution in [0.2, 0.25) is 0 Å². The number of piperazine rings is 1. The number of fused-ring (bicyclic) bond motifs is 1. The lowest BCUT2D eigenvalue weighted by molar-refractivity contribution is 0.131. The molecule has 0 unspecified atom stereocenters. The Bertz CT molecular complexity index is 1110. The minimum absolute atomic E-state index is 0.918. The summed E-state index contributed by atoms with van der Waals surface area (Å²) in [6, 6.07) is 25.5. The molecule has 1 aliphatic heterocycles. The van der Waals surface area contributed by atoms with Gasteiger partial charge < -0.3 is 9.30 Å². The molecule has 4 aromatic rings. The Balaban J connectivity index is 1.57. The van der Waals surface area contributed by atoms with Crippen molar-refractivity contribution in [3.05, 3.63) is 84.7 Å². The molecule has 152 valence electrons. The monoisotopic (exact) mass is 396 g/mol. The van der Waals surface area contributed by atoms with Crippen LogP contribution in [0, 0.1) is 0 Å². The van der Waals surface area contributed by atoms with E-state index in [1.54, 1.807) is 0 Å². The van der Waals surface area contributed by atoms with Gasteiger partial charge in [-0.1, -0.05) is 67.6 Å². The van der Waals surface area contributed by atoms with Crippen LogP contribution in [0.4, 0.5) is 0 Å². The van der Waals surface area contributed by atoms with E-state index in [-0.39, 0.29) is 0 Å². The molecule has 0 atom stereocenters. The lowest BCUT2D eigenvalue weighted by Gasteiger charge is -2.34. The first-order chi connectivity index (χ1) is 14.8. The van der Waals surface area contributed by atoms with Crippen LogP contribution in [0.15, 0.2) is 79.0 Å². The topological polar surface area (TPSA) is 23.8 Å². The number of hydrogen-bond acceptors (Lipinski definition) is 3. The van der Waals surface area contributed by atoms with Crippen LogP contribution in [0.3, 0.4) is 0 Å². The van der Waals surface area contributed by atoms with E-state index in [1.165, 1.54) is 22.4 Å². The molecule has 2 aromatic heterocycles. The molecule has 0 saturated carbocycles. The third-order valence-corrected chi connectivity index (χ3v) is 6.16. The first-order valence-corrected chi connectivity index (χ1v) is 10.9. The van der Waals surface area contributed by atoms with Gasteiger partial charge in [0.1, 0.15) is 5.65 Å². The van der Waals surface area contributed by atoms with E-state index in [0.29, 0.717) is 0 Å². The second-order valence-corrected chi connectivity index (χ2v) is 8.00. The molecule has 0 amide bonds. The van der Waals surface area contributed by atoms with Gasteiger partial charge in [-0.05, 0) is 29.8 Å². The summed E-state index contributed by atoms with van der Waals surface area (Å²) in [6.45, 7) is 8.80. The molecule has 30 heavy (non-hydrogen) atoms. The summed E-state index contributed by atoms with van der Waals surface area (Å²) >= 11 is 0. The highest BCUT2D eigenvalue weighted by Gasteiger charge is 2.21. The van der Waals surface area contributed by atoms with Crippen molar-refractivity contribution < 1.29 is 0 Å². The zero-order valence-corrected chi connectivity index (χ0v) is 17.5. The van der Waals surface area contributed by atoms with E-state index in [4.69, 9.17) is 4.98 Å². The maximum Gasteiger partial charge on any atom is 0.137 e. The zero-order chi connectivity index (χ0) is 20.3. The smallest absolute Gasteiger partial charge is 0.137 e. The van der Waals surface area contributed by atoms with E-state index in [2.05, 4.69) is 100 Å². The SMILES string of the molecule is CCN1CCN(Cc2c(-c3ccccc3)nc3ccc(-c4ccccc4)cn23)CC1. The first-order valence-electron chi connectivity index (χ1n) is 10.9. The van der Waals surface area contributed by atoms with Gasteiger partial charge in [-0.15, -0.1) is 0 Å². The molecule has 0 spiro atoms. The molecule has 0 aliphatic carbocycles. The number of aromatic nitrogens is 2. The number of nitrogens with zero attached hydrogens (tertiary/aromatic N) is 4. The van der Waals surface area contributed by atoms with Gasteiger partial charge >= 0.3 is 0 Å². The predicted molar refractivity (Wildman–Crippen MR) is 123 cm³/mol. The molecule has 0 N–H and O–H groups in total. The fourth-order valence-electron chi connectivity index (χ4n) is 4.35. The number of imidazole rings is 1. The Kier molecular flexibility index (Phi) is 5.35. The zero-order valence-electron chi connectivity index (χ0n) is 17.5. The van der Waals surface area contributed by atoms with Gasteiger partial charge in [-0.2, -0.15) is 0 Å². The van der Waals surface area contributed by atoms with E-state index in [1.807, 2.05) is 0 Å². The summed E-state index contributed by atoms with van der Waals surface area (Å²) in [5.74, 6) is 0. The minimum Gasteiger partial charge on any atom is -0.301 e. The average molecular weight is 397 g/mol. The van der Waals surface area contributed by atoms with Gasteiger partial charge in [0.25, 0.3) is 0 Å². The molecule has 0 bridgehead atoms. The molecular formula is C26H28N4. The van der Waals surface area contributed by atoms with Crippen molar-refractivity contribution in [2.75, 3.05) is 32.7 Å². The Morgan fingerprint density at radius 3 is 2.00 bits per heavy atom. The molecule has 2 aromatic carbocycles. The van der Waals surface area contributed by atoms with Crippen LogP contribution in [0.1, 0.15) is 12.6 Å². The standard InChI is InChI=1S/C26H28N4/c1-2-28-15-17-29(18-16-28)20-24-26(22-11-7-4-8-12-22)27-25-14-13-23(19-30(24)25)21-9-5-3-6-10-21/h3-14,19H,2,15-18,20H2,1H3. The van der Waals surface area contributed by atoms with Crippen molar-refractivity contribution in [1.29, 1.82) is 0 Å². The highest BCUT2D eigenvalue weighted by Crippen LogP contribution is 2.28. The van der Waals surface area contributed by atoms with Gasteiger partial charge in [0.2, 0.25) is 0 Å². The summed E-state index contributed by atoms with van der Waals surface area (Å²) in [6.07, 6.45) is 2.25. The van der Waals surface area contributed by atoms with Gasteiger partial charge in [-0.25, -0.2) is 4.98 Å². The summed E-state index contributed by atoms with van der Waals surface area (Å²) in [4.78, 5) is 10.1. The quantitative estimate of drug-likeness (QED) is 0.484. The average Bonchev–Trinajstić information content (AvgIpc) is 3.18. The van der Waals surface area contributed by atoms with Crippen LogP contribution in [-0.4, -0.2) is 51.9 Å². The van der Waals surface area contributed by atoms with Crippen LogP contribution in [0.5, 0.6) is 0 Å². The van der Waals surface area contributed by atoms with Crippen LogP contribution < -0.4 is 0 Å². The van der Waals surface area contributed by atoms with E-state index in [0.717, 1.165) is 50.6 Å². The summed E-state index contributed by atoms with van der Waals surface area (Å²) in [5.41, 5.74) is 7.02. The first kappa shape index (κ1) is 19.0. The Labute approximate surface area is 178 Å². The predicted octanol–water partition coefficient (Wildman–Crippen LogP) is 4.81. The Morgan fingerprint density at radius 1 is 0.700 bits per heavy atom. The fourth-order valence-corrected chi connectivity index (χ4v) is 4.35. The summed E-state index contributed by atoms with van der Waals surface area (Å²) in [5, 5.41) is 0. The van der Waals surface area contributed by atoms with Gasteiger partial charge in [0, 0.05) is 44.5 Å². The molecule has 5 rings (SSSR count). The molecule has 1 fully saturated rings. The summed E-state index contributed by atoms with van der Waals surface area (Å²) < 4.78 is 2.30. The highest BCUT2D eigenvalue weighted by molar-refractivity contribution is 5.70. The largest absolute Gasteiger partial charge is 0.301 e. The molecule has 4 heteroatoms. The van der Waals surface area contributed by atoms with Crippen molar-refractivity contribution in [3.8, 4) is 22.4 Å². The molecule has 1 saturated heterocycles. The van der Waals surface area contributed by atoms with Gasteiger partial charge in [-0.3, -0.25) is 4.90 Å². The Hall–Kier alpha value is -2.95. The second kappa shape index (κ2) is 8.42. The maximum absolute atomic E-state index is 5.04. The van der Waals surface area contributed by atoms with Gasteiger partial charge in [0.15, 0.2) is 0 Å². The third kappa shape index (κ3) is 3.76. The van der Waals surface area contributed by atoms with Crippen molar-refractivity contribution in [3.63, 3.8) is 0 Å². The van der Waals surface area contributed by atoms with Crippen molar-refractivity contribution >= 4 is 5.65 Å². The Morgan fingerprint density at radius 2 is 1.33 bits per heavy atom. The number of benzene rings is 2. The van der Waals surface area contributed by atoms with E-state index in [9.17, 15) is 0 Å². The number of rotatable bonds is 5. The molecule has 0 radical (unpaired) electrons. The minimum atomic E-state index is 0.918.